The van der Waals surface area contributed by atoms with E-state index in [9.17, 15) is 4.79 Å². The number of aromatic nitrogens is 1. The molecule has 3 nitrogen and oxygen atoms in total. The van der Waals surface area contributed by atoms with Crippen molar-refractivity contribution in [3.05, 3.63) is 70.9 Å². The standard InChI is InChI=1S/C19H20N2O/c1-13-9-14(2)11-16(10-13)19(22)20-8-7-15-12-21-18-6-4-3-5-17(15)18/h3-6,9-12,21H,7-8H2,1-2H3,(H,20,22). The highest BCUT2D eigenvalue weighted by molar-refractivity contribution is 5.94. The van der Waals surface area contributed by atoms with E-state index < -0.39 is 0 Å². The first kappa shape index (κ1) is 14.4. The molecule has 0 bridgehead atoms. The predicted octanol–water partition coefficient (Wildman–Crippen LogP) is 3.76. The molecule has 2 aromatic carbocycles. The molecule has 2 N–H and O–H groups in total. The summed E-state index contributed by atoms with van der Waals surface area (Å²) in [7, 11) is 0. The van der Waals surface area contributed by atoms with Gasteiger partial charge in [0.05, 0.1) is 0 Å². The van der Waals surface area contributed by atoms with Gasteiger partial charge in [-0.1, -0.05) is 35.4 Å². The van der Waals surface area contributed by atoms with Crippen LogP contribution in [0.1, 0.15) is 27.0 Å². The number of aromatic amines is 1. The highest BCUT2D eigenvalue weighted by Crippen LogP contribution is 2.17. The summed E-state index contributed by atoms with van der Waals surface area (Å²) in [5, 5.41) is 4.23. The van der Waals surface area contributed by atoms with Crippen LogP contribution in [0.5, 0.6) is 0 Å². The van der Waals surface area contributed by atoms with Crippen LogP contribution < -0.4 is 5.32 Å². The second kappa shape index (κ2) is 6.06. The van der Waals surface area contributed by atoms with Gasteiger partial charge in [0.1, 0.15) is 0 Å². The van der Waals surface area contributed by atoms with Gasteiger partial charge in [0.2, 0.25) is 0 Å². The van der Waals surface area contributed by atoms with Crippen LogP contribution in [0.4, 0.5) is 0 Å². The van der Waals surface area contributed by atoms with E-state index in [-0.39, 0.29) is 5.91 Å². The topological polar surface area (TPSA) is 44.9 Å². The van der Waals surface area contributed by atoms with Crippen molar-refractivity contribution in [2.75, 3.05) is 6.54 Å². The van der Waals surface area contributed by atoms with E-state index >= 15 is 0 Å². The van der Waals surface area contributed by atoms with Crippen molar-refractivity contribution in [2.45, 2.75) is 20.3 Å². The average molecular weight is 292 g/mol. The van der Waals surface area contributed by atoms with Crippen molar-refractivity contribution in [2.24, 2.45) is 0 Å². The molecule has 22 heavy (non-hydrogen) atoms. The van der Waals surface area contributed by atoms with Crippen LogP contribution in [-0.2, 0) is 6.42 Å². The van der Waals surface area contributed by atoms with Crippen LogP contribution in [0.15, 0.2) is 48.7 Å². The number of aryl methyl sites for hydroxylation is 2. The number of H-pyrrole nitrogens is 1. The van der Waals surface area contributed by atoms with E-state index in [2.05, 4.69) is 28.5 Å². The number of carbonyl (C=O) groups is 1. The molecule has 1 amide bonds. The third kappa shape index (κ3) is 3.03. The van der Waals surface area contributed by atoms with Crippen molar-refractivity contribution in [1.82, 2.24) is 10.3 Å². The minimum absolute atomic E-state index is 0.00774. The predicted molar refractivity (Wildman–Crippen MR) is 90.3 cm³/mol. The fourth-order valence-corrected chi connectivity index (χ4v) is 2.86. The van der Waals surface area contributed by atoms with Gasteiger partial charge in [-0.05, 0) is 44.0 Å². The average Bonchev–Trinajstić information content (AvgIpc) is 2.90. The molecule has 3 rings (SSSR count). The first-order chi connectivity index (χ1) is 10.6. The molecule has 0 aliphatic rings. The second-order valence-corrected chi connectivity index (χ2v) is 5.74. The summed E-state index contributed by atoms with van der Waals surface area (Å²) in [4.78, 5) is 15.5. The molecule has 112 valence electrons. The Balaban J connectivity index is 1.64. The Labute approximate surface area is 130 Å². The van der Waals surface area contributed by atoms with E-state index in [1.165, 1.54) is 10.9 Å². The van der Waals surface area contributed by atoms with Gasteiger partial charge < -0.3 is 10.3 Å². The number of rotatable bonds is 4. The summed E-state index contributed by atoms with van der Waals surface area (Å²) in [6.07, 6.45) is 2.84. The summed E-state index contributed by atoms with van der Waals surface area (Å²) in [5.74, 6) is -0.00774. The molecule has 3 aromatic rings. The Morgan fingerprint density at radius 1 is 1.09 bits per heavy atom. The van der Waals surface area contributed by atoms with Crippen LogP contribution in [0.25, 0.3) is 10.9 Å². The molecule has 0 saturated carbocycles. The first-order valence-electron chi connectivity index (χ1n) is 7.55. The lowest BCUT2D eigenvalue weighted by atomic mass is 10.1. The molecule has 3 heteroatoms. The van der Waals surface area contributed by atoms with Gasteiger partial charge in [-0.2, -0.15) is 0 Å². The summed E-state index contributed by atoms with van der Waals surface area (Å²) < 4.78 is 0. The van der Waals surface area contributed by atoms with Crippen LogP contribution >= 0.6 is 0 Å². The van der Waals surface area contributed by atoms with E-state index in [1.54, 1.807) is 0 Å². The Morgan fingerprint density at radius 2 is 1.82 bits per heavy atom. The summed E-state index contributed by atoms with van der Waals surface area (Å²) in [6.45, 7) is 4.65. The zero-order valence-corrected chi connectivity index (χ0v) is 12.9. The Kier molecular flexibility index (Phi) is 3.96. The van der Waals surface area contributed by atoms with Crippen molar-refractivity contribution in [3.8, 4) is 0 Å². The Bertz CT molecular complexity index is 797. The molecule has 0 aliphatic heterocycles. The van der Waals surface area contributed by atoms with E-state index in [0.717, 1.165) is 28.6 Å². The van der Waals surface area contributed by atoms with E-state index in [0.29, 0.717) is 6.54 Å². The maximum atomic E-state index is 12.2. The van der Waals surface area contributed by atoms with Gasteiger partial charge in [0.25, 0.3) is 5.91 Å². The quantitative estimate of drug-likeness (QED) is 0.755. The molecule has 0 atom stereocenters. The fourth-order valence-electron chi connectivity index (χ4n) is 2.86. The first-order valence-corrected chi connectivity index (χ1v) is 7.55. The molecule has 0 unspecified atom stereocenters. The molecule has 0 saturated heterocycles. The van der Waals surface area contributed by atoms with Crippen molar-refractivity contribution in [1.29, 1.82) is 0 Å². The number of hydrogen-bond acceptors (Lipinski definition) is 1. The van der Waals surface area contributed by atoms with Gasteiger partial charge >= 0.3 is 0 Å². The van der Waals surface area contributed by atoms with Crippen LogP contribution in [0, 0.1) is 13.8 Å². The van der Waals surface area contributed by atoms with Crippen molar-refractivity contribution < 1.29 is 4.79 Å². The third-order valence-corrected chi connectivity index (χ3v) is 3.84. The SMILES string of the molecule is Cc1cc(C)cc(C(=O)NCCc2c[nH]c3ccccc23)c1. The normalized spacial score (nSPS) is 10.8. The van der Waals surface area contributed by atoms with E-state index in [1.807, 2.05) is 44.3 Å². The lowest BCUT2D eigenvalue weighted by Gasteiger charge is -2.07. The maximum Gasteiger partial charge on any atom is 0.251 e. The monoisotopic (exact) mass is 292 g/mol. The minimum Gasteiger partial charge on any atom is -0.361 e. The summed E-state index contributed by atoms with van der Waals surface area (Å²) >= 11 is 0. The summed E-state index contributed by atoms with van der Waals surface area (Å²) in [6, 6.07) is 14.1. The largest absolute Gasteiger partial charge is 0.361 e. The summed E-state index contributed by atoms with van der Waals surface area (Å²) in [5.41, 5.74) is 5.33. The van der Waals surface area contributed by atoms with Gasteiger partial charge in [-0.15, -0.1) is 0 Å². The zero-order chi connectivity index (χ0) is 15.5. The van der Waals surface area contributed by atoms with Gasteiger partial charge in [-0.3, -0.25) is 4.79 Å². The van der Waals surface area contributed by atoms with Gasteiger partial charge in [0.15, 0.2) is 0 Å². The van der Waals surface area contributed by atoms with Crippen molar-refractivity contribution in [3.63, 3.8) is 0 Å². The smallest absolute Gasteiger partial charge is 0.251 e. The molecule has 0 fully saturated rings. The molecule has 0 aliphatic carbocycles. The van der Waals surface area contributed by atoms with Crippen LogP contribution in [0.2, 0.25) is 0 Å². The Hall–Kier alpha value is -2.55. The number of carbonyl (C=O) groups excluding carboxylic acids is 1. The van der Waals surface area contributed by atoms with Crippen LogP contribution in [0.3, 0.4) is 0 Å². The van der Waals surface area contributed by atoms with Crippen molar-refractivity contribution >= 4 is 16.8 Å². The third-order valence-electron chi connectivity index (χ3n) is 3.84. The molecule has 1 aromatic heterocycles. The number of para-hydroxylation sites is 1. The highest BCUT2D eigenvalue weighted by Gasteiger charge is 2.07. The highest BCUT2D eigenvalue weighted by atomic mass is 16.1. The number of nitrogens with one attached hydrogen (secondary N) is 2. The fraction of sp³-hybridized carbons (Fsp3) is 0.211. The molecular weight excluding hydrogens is 272 g/mol. The molecule has 0 radical (unpaired) electrons. The zero-order valence-electron chi connectivity index (χ0n) is 12.9. The molecule has 0 spiro atoms. The number of hydrogen-bond donors (Lipinski definition) is 2. The van der Waals surface area contributed by atoms with Gasteiger partial charge in [0, 0.05) is 29.2 Å². The molecular formula is C19H20N2O. The lowest BCUT2D eigenvalue weighted by Crippen LogP contribution is -2.25. The number of benzene rings is 2. The van der Waals surface area contributed by atoms with E-state index in [4.69, 9.17) is 0 Å². The molecule has 1 heterocycles. The lowest BCUT2D eigenvalue weighted by molar-refractivity contribution is 0.0954. The number of amides is 1. The minimum atomic E-state index is -0.00774. The second-order valence-electron chi connectivity index (χ2n) is 5.74. The number of fused-ring (bicyclic) bond motifs is 1. The Morgan fingerprint density at radius 3 is 2.59 bits per heavy atom. The van der Waals surface area contributed by atoms with Crippen LogP contribution in [-0.4, -0.2) is 17.4 Å². The maximum absolute atomic E-state index is 12.2. The van der Waals surface area contributed by atoms with Gasteiger partial charge in [-0.25, -0.2) is 0 Å².